The monoisotopic (exact) mass is 535 g/mol. The Kier molecular flexibility index (Phi) is 10.6. The van der Waals surface area contributed by atoms with Gasteiger partial charge in [-0.25, -0.2) is 0 Å². The average Bonchev–Trinajstić information content (AvgIpc) is 2.76. The quantitative estimate of drug-likeness (QED) is 0.318. The summed E-state index contributed by atoms with van der Waals surface area (Å²) in [4.78, 5) is 24.3. The number of hydrogen-bond donors (Lipinski definition) is 3. The molecule has 0 aromatic heterocycles. The number of carbonyl (C=O) groups excluding carboxylic acids is 2. The molecule has 2 aromatic carbocycles. The minimum absolute atomic E-state index is 0.0342. The Hall–Kier alpha value is -2.65. The van der Waals surface area contributed by atoms with E-state index in [2.05, 4.69) is 59.8 Å². The molecule has 0 aliphatic rings. The summed E-state index contributed by atoms with van der Waals surface area (Å²) in [6.45, 7) is 8.87. The summed E-state index contributed by atoms with van der Waals surface area (Å²) in [6, 6.07) is 12.5. The smallest absolute Gasteiger partial charge is 0.276 e. The fourth-order valence-corrected chi connectivity index (χ4v) is 3.28. The van der Waals surface area contributed by atoms with Gasteiger partial charge in [-0.1, -0.05) is 33.8 Å². The Labute approximate surface area is 208 Å². The van der Waals surface area contributed by atoms with Gasteiger partial charge in [0.2, 0.25) is 0 Å². The summed E-state index contributed by atoms with van der Waals surface area (Å²) in [6.07, 6.45) is 0.959. The number of hydrazine groups is 1. The Bertz CT molecular complexity index is 965. The maximum Gasteiger partial charge on any atom is 0.276 e. The van der Waals surface area contributed by atoms with Crippen LogP contribution in [0.5, 0.6) is 11.5 Å². The molecule has 0 radical (unpaired) electrons. The van der Waals surface area contributed by atoms with E-state index in [0.29, 0.717) is 35.5 Å². The number of hydrogen-bond acceptors (Lipinski definition) is 5. The standard InChI is InChI=1S/C24H30BrN3O4S/c1-15(2)11-12-31-19-8-5-17(6-9-19)23(30)26-24(33)28-27-22(29)14-32-21-10-7-18(16(3)4)13-20(21)25/h5-10,13,15-16H,11-12,14H2,1-4H3,(H,27,29)(H2,26,28,30,33). The third kappa shape index (κ3) is 9.39. The van der Waals surface area contributed by atoms with Crippen molar-refractivity contribution in [2.45, 2.75) is 40.0 Å². The molecule has 178 valence electrons. The van der Waals surface area contributed by atoms with Crippen molar-refractivity contribution < 1.29 is 19.1 Å². The molecule has 0 saturated heterocycles. The van der Waals surface area contributed by atoms with Gasteiger partial charge in [0.1, 0.15) is 11.5 Å². The van der Waals surface area contributed by atoms with Gasteiger partial charge in [-0.15, -0.1) is 0 Å². The van der Waals surface area contributed by atoms with Crippen LogP contribution < -0.4 is 25.6 Å². The minimum atomic E-state index is -0.450. The van der Waals surface area contributed by atoms with E-state index in [0.717, 1.165) is 16.5 Å². The van der Waals surface area contributed by atoms with Gasteiger partial charge in [-0.2, -0.15) is 0 Å². The summed E-state index contributed by atoms with van der Waals surface area (Å²) < 4.78 is 11.9. The van der Waals surface area contributed by atoms with Gasteiger partial charge in [0.05, 0.1) is 11.1 Å². The molecule has 0 bridgehead atoms. The number of thiocarbonyl (C=S) groups is 1. The van der Waals surface area contributed by atoms with Gasteiger partial charge < -0.3 is 9.47 Å². The van der Waals surface area contributed by atoms with Crippen LogP contribution in [0.15, 0.2) is 46.9 Å². The van der Waals surface area contributed by atoms with Gasteiger partial charge in [0.15, 0.2) is 11.7 Å². The summed E-state index contributed by atoms with van der Waals surface area (Å²) in [5.74, 6) is 1.36. The Morgan fingerprint density at radius 2 is 1.70 bits per heavy atom. The fraction of sp³-hybridized carbons (Fsp3) is 0.375. The van der Waals surface area contributed by atoms with Crippen LogP contribution in [-0.4, -0.2) is 30.1 Å². The number of halogens is 1. The van der Waals surface area contributed by atoms with Crippen LogP contribution in [0.25, 0.3) is 0 Å². The van der Waals surface area contributed by atoms with Gasteiger partial charge in [0, 0.05) is 5.56 Å². The largest absolute Gasteiger partial charge is 0.494 e. The normalized spacial score (nSPS) is 10.6. The van der Waals surface area contributed by atoms with Crippen molar-refractivity contribution in [2.75, 3.05) is 13.2 Å². The highest BCUT2D eigenvalue weighted by molar-refractivity contribution is 9.10. The molecule has 0 spiro atoms. The number of rotatable bonds is 9. The molecule has 7 nitrogen and oxygen atoms in total. The lowest BCUT2D eigenvalue weighted by atomic mass is 10.0. The first-order valence-corrected chi connectivity index (χ1v) is 11.9. The summed E-state index contributed by atoms with van der Waals surface area (Å²) in [7, 11) is 0. The maximum absolute atomic E-state index is 12.3. The van der Waals surface area contributed by atoms with Crippen LogP contribution in [0.2, 0.25) is 0 Å². The molecule has 3 N–H and O–H groups in total. The number of benzene rings is 2. The summed E-state index contributed by atoms with van der Waals surface area (Å²) in [5.41, 5.74) is 6.46. The molecule has 0 heterocycles. The molecule has 0 fully saturated rings. The molecule has 2 amide bonds. The lowest BCUT2D eigenvalue weighted by Crippen LogP contribution is -2.49. The van der Waals surface area contributed by atoms with E-state index in [-0.39, 0.29) is 11.7 Å². The van der Waals surface area contributed by atoms with E-state index in [1.165, 1.54) is 0 Å². The predicted molar refractivity (Wildman–Crippen MR) is 136 cm³/mol. The molecule has 0 aliphatic heterocycles. The van der Waals surface area contributed by atoms with Gasteiger partial charge in [-0.3, -0.25) is 25.8 Å². The van der Waals surface area contributed by atoms with Gasteiger partial charge in [0.25, 0.3) is 11.8 Å². The van der Waals surface area contributed by atoms with E-state index >= 15 is 0 Å². The maximum atomic E-state index is 12.3. The molecular formula is C24H30BrN3O4S. The molecule has 0 unspecified atom stereocenters. The molecule has 0 saturated carbocycles. The molecule has 9 heteroatoms. The zero-order valence-corrected chi connectivity index (χ0v) is 21.6. The van der Waals surface area contributed by atoms with Crippen molar-refractivity contribution in [1.82, 2.24) is 16.2 Å². The topological polar surface area (TPSA) is 88.7 Å². The number of carbonyl (C=O) groups is 2. The third-order valence-electron chi connectivity index (χ3n) is 4.60. The van der Waals surface area contributed by atoms with Crippen molar-refractivity contribution in [3.8, 4) is 11.5 Å². The van der Waals surface area contributed by atoms with E-state index < -0.39 is 11.8 Å². The lowest BCUT2D eigenvalue weighted by molar-refractivity contribution is -0.123. The second-order valence-corrected chi connectivity index (χ2v) is 9.41. The van der Waals surface area contributed by atoms with Crippen molar-refractivity contribution in [2.24, 2.45) is 5.92 Å². The first-order valence-electron chi connectivity index (χ1n) is 10.7. The number of ether oxygens (including phenoxy) is 2. The lowest BCUT2D eigenvalue weighted by Gasteiger charge is -2.13. The molecule has 33 heavy (non-hydrogen) atoms. The zero-order valence-electron chi connectivity index (χ0n) is 19.2. The molecule has 0 atom stereocenters. The fourth-order valence-electron chi connectivity index (χ4n) is 2.62. The first-order chi connectivity index (χ1) is 15.7. The van der Waals surface area contributed by atoms with Crippen molar-refractivity contribution in [3.63, 3.8) is 0 Å². The number of nitrogens with one attached hydrogen (secondary N) is 3. The van der Waals surface area contributed by atoms with Gasteiger partial charge in [-0.05, 0) is 88.4 Å². The zero-order chi connectivity index (χ0) is 24.4. The Balaban J connectivity index is 1.73. The van der Waals surface area contributed by atoms with Crippen molar-refractivity contribution in [1.29, 1.82) is 0 Å². The second-order valence-electron chi connectivity index (χ2n) is 8.15. The minimum Gasteiger partial charge on any atom is -0.494 e. The van der Waals surface area contributed by atoms with Gasteiger partial charge >= 0.3 is 0 Å². The summed E-state index contributed by atoms with van der Waals surface area (Å²) >= 11 is 8.51. The van der Waals surface area contributed by atoms with E-state index in [9.17, 15) is 9.59 Å². The second kappa shape index (κ2) is 13.2. The van der Waals surface area contributed by atoms with Crippen LogP contribution in [0.4, 0.5) is 0 Å². The summed E-state index contributed by atoms with van der Waals surface area (Å²) in [5, 5.41) is 2.47. The van der Waals surface area contributed by atoms with E-state index in [1.54, 1.807) is 24.3 Å². The van der Waals surface area contributed by atoms with Crippen LogP contribution >= 0.6 is 28.1 Å². The molecule has 2 rings (SSSR count). The van der Waals surface area contributed by atoms with Crippen molar-refractivity contribution >= 4 is 45.1 Å². The van der Waals surface area contributed by atoms with Crippen LogP contribution in [0, 0.1) is 5.92 Å². The highest BCUT2D eigenvalue weighted by atomic mass is 79.9. The molecule has 0 aliphatic carbocycles. The first kappa shape index (κ1) is 26.6. The van der Waals surface area contributed by atoms with Crippen LogP contribution in [0.3, 0.4) is 0 Å². The number of amides is 2. The SMILES string of the molecule is CC(C)CCOc1ccc(C(=O)NC(=S)NNC(=O)COc2ccc(C(C)C)cc2Br)cc1. The van der Waals surface area contributed by atoms with Crippen LogP contribution in [-0.2, 0) is 4.79 Å². The molecule has 2 aromatic rings. The average molecular weight is 536 g/mol. The predicted octanol–water partition coefficient (Wildman–Crippen LogP) is 4.71. The molecular weight excluding hydrogens is 506 g/mol. The van der Waals surface area contributed by atoms with Crippen molar-refractivity contribution in [3.05, 3.63) is 58.1 Å². The highest BCUT2D eigenvalue weighted by Crippen LogP contribution is 2.28. The third-order valence-corrected chi connectivity index (χ3v) is 5.43. The van der Waals surface area contributed by atoms with E-state index in [4.69, 9.17) is 21.7 Å². The van der Waals surface area contributed by atoms with E-state index in [1.807, 2.05) is 18.2 Å². The highest BCUT2D eigenvalue weighted by Gasteiger charge is 2.11. The Morgan fingerprint density at radius 3 is 2.30 bits per heavy atom. The van der Waals surface area contributed by atoms with Crippen LogP contribution in [0.1, 0.15) is 56.0 Å². The Morgan fingerprint density at radius 1 is 1.00 bits per heavy atom.